The molecule has 148 valence electrons. The van der Waals surface area contributed by atoms with Gasteiger partial charge in [-0.15, -0.1) is 0 Å². The van der Waals surface area contributed by atoms with Crippen molar-refractivity contribution in [1.82, 2.24) is 4.90 Å². The SMILES string of the molecule is CCCCCCC(=O)N(Cc1cccc(OS(=O)(=O)CC)c1)C(C)CC. The van der Waals surface area contributed by atoms with Crippen molar-refractivity contribution in [1.29, 1.82) is 0 Å². The van der Waals surface area contributed by atoms with Crippen LogP contribution >= 0.6 is 0 Å². The number of unbranched alkanes of at least 4 members (excludes halogenated alkanes) is 3. The maximum Gasteiger partial charge on any atom is 0.308 e. The molecule has 0 saturated carbocycles. The van der Waals surface area contributed by atoms with Crippen LogP contribution in [-0.4, -0.2) is 31.0 Å². The first-order valence-corrected chi connectivity index (χ1v) is 11.2. The summed E-state index contributed by atoms with van der Waals surface area (Å²) in [5.41, 5.74) is 0.871. The van der Waals surface area contributed by atoms with E-state index in [0.717, 1.165) is 37.7 Å². The monoisotopic (exact) mass is 383 g/mol. The Bertz CT molecular complexity index is 658. The molecule has 0 heterocycles. The van der Waals surface area contributed by atoms with Crippen LogP contribution < -0.4 is 4.18 Å². The second-order valence-electron chi connectivity index (χ2n) is 6.67. The standard InChI is InChI=1S/C20H33NO4S/c1-5-8-9-10-14-20(22)21(17(4)6-2)16-18-12-11-13-19(15-18)25-26(23,24)7-3/h11-13,15,17H,5-10,14,16H2,1-4H3. The van der Waals surface area contributed by atoms with E-state index in [0.29, 0.717) is 18.7 Å². The maximum absolute atomic E-state index is 12.7. The first kappa shape index (κ1) is 22.5. The summed E-state index contributed by atoms with van der Waals surface area (Å²) in [6, 6.07) is 7.11. The molecule has 1 atom stereocenters. The fraction of sp³-hybridized carbons (Fsp3) is 0.650. The highest BCUT2D eigenvalue weighted by Gasteiger charge is 2.19. The summed E-state index contributed by atoms with van der Waals surface area (Å²) < 4.78 is 28.4. The van der Waals surface area contributed by atoms with Crippen LogP contribution in [0.25, 0.3) is 0 Å². The molecule has 0 aliphatic heterocycles. The van der Waals surface area contributed by atoms with Crippen LogP contribution in [0.1, 0.15) is 71.8 Å². The molecular weight excluding hydrogens is 350 g/mol. The summed E-state index contributed by atoms with van der Waals surface area (Å²) >= 11 is 0. The van der Waals surface area contributed by atoms with E-state index in [1.54, 1.807) is 25.1 Å². The molecule has 0 aromatic heterocycles. The Labute approximate surface area is 158 Å². The molecule has 1 amide bonds. The largest absolute Gasteiger partial charge is 0.382 e. The van der Waals surface area contributed by atoms with Gasteiger partial charge in [-0.1, -0.05) is 45.2 Å². The van der Waals surface area contributed by atoms with Crippen molar-refractivity contribution < 1.29 is 17.4 Å². The summed E-state index contributed by atoms with van der Waals surface area (Å²) in [5, 5.41) is 0. The average molecular weight is 384 g/mol. The summed E-state index contributed by atoms with van der Waals surface area (Å²) in [5.74, 6) is 0.374. The molecule has 6 heteroatoms. The quantitative estimate of drug-likeness (QED) is 0.393. The molecule has 1 rings (SSSR count). The molecule has 0 N–H and O–H groups in total. The molecule has 1 aromatic carbocycles. The average Bonchev–Trinajstić information content (AvgIpc) is 2.62. The first-order valence-electron chi connectivity index (χ1n) is 9.63. The van der Waals surface area contributed by atoms with Crippen molar-refractivity contribution in [2.24, 2.45) is 0 Å². The number of benzene rings is 1. The van der Waals surface area contributed by atoms with Gasteiger partial charge in [0.25, 0.3) is 0 Å². The van der Waals surface area contributed by atoms with Gasteiger partial charge in [0.05, 0.1) is 5.75 Å². The second-order valence-corrected chi connectivity index (χ2v) is 8.53. The molecule has 0 bridgehead atoms. The topological polar surface area (TPSA) is 63.7 Å². The summed E-state index contributed by atoms with van der Waals surface area (Å²) in [6.07, 6.45) is 5.73. The number of carbonyl (C=O) groups excluding carboxylic acids is 1. The van der Waals surface area contributed by atoms with Crippen LogP contribution in [0.5, 0.6) is 5.75 Å². The molecule has 0 spiro atoms. The number of nitrogens with zero attached hydrogens (tertiary/aromatic N) is 1. The zero-order chi connectivity index (χ0) is 19.6. The van der Waals surface area contributed by atoms with E-state index in [-0.39, 0.29) is 17.7 Å². The van der Waals surface area contributed by atoms with Gasteiger partial charge in [0.1, 0.15) is 5.75 Å². The molecule has 1 aromatic rings. The van der Waals surface area contributed by atoms with E-state index in [1.807, 2.05) is 17.9 Å². The summed E-state index contributed by atoms with van der Waals surface area (Å²) in [7, 11) is -3.55. The highest BCUT2D eigenvalue weighted by Crippen LogP contribution is 2.19. The van der Waals surface area contributed by atoms with Crippen LogP contribution in [0.2, 0.25) is 0 Å². The van der Waals surface area contributed by atoms with Gasteiger partial charge >= 0.3 is 10.1 Å². The van der Waals surface area contributed by atoms with Crippen molar-refractivity contribution >= 4 is 16.0 Å². The Balaban J connectivity index is 2.83. The summed E-state index contributed by atoms with van der Waals surface area (Å²) in [6.45, 7) is 8.27. The smallest absolute Gasteiger partial charge is 0.308 e. The van der Waals surface area contributed by atoms with Gasteiger partial charge in [-0.05, 0) is 44.4 Å². The Morgan fingerprint density at radius 1 is 1.15 bits per heavy atom. The van der Waals surface area contributed by atoms with Crippen LogP contribution in [0.4, 0.5) is 0 Å². The van der Waals surface area contributed by atoms with Crippen LogP contribution in [0, 0.1) is 0 Å². The van der Waals surface area contributed by atoms with E-state index in [1.165, 1.54) is 0 Å². The molecular formula is C20H33NO4S. The van der Waals surface area contributed by atoms with Gasteiger partial charge in [0.2, 0.25) is 5.91 Å². The number of hydrogen-bond acceptors (Lipinski definition) is 4. The highest BCUT2D eigenvalue weighted by molar-refractivity contribution is 7.87. The minimum atomic E-state index is -3.55. The lowest BCUT2D eigenvalue weighted by Gasteiger charge is -2.29. The van der Waals surface area contributed by atoms with E-state index < -0.39 is 10.1 Å². The Morgan fingerprint density at radius 3 is 2.50 bits per heavy atom. The lowest BCUT2D eigenvalue weighted by atomic mass is 10.1. The van der Waals surface area contributed by atoms with Crippen LogP contribution in [0.15, 0.2) is 24.3 Å². The maximum atomic E-state index is 12.7. The van der Waals surface area contributed by atoms with E-state index in [9.17, 15) is 13.2 Å². The first-order chi connectivity index (χ1) is 12.3. The van der Waals surface area contributed by atoms with Crippen molar-refractivity contribution in [3.05, 3.63) is 29.8 Å². The normalized spacial score (nSPS) is 12.6. The lowest BCUT2D eigenvalue weighted by Crippen LogP contribution is -2.37. The predicted molar refractivity (Wildman–Crippen MR) is 106 cm³/mol. The predicted octanol–water partition coefficient (Wildman–Crippen LogP) is 4.51. The van der Waals surface area contributed by atoms with Crippen LogP contribution in [0.3, 0.4) is 0 Å². The van der Waals surface area contributed by atoms with Gasteiger partial charge in [0.15, 0.2) is 0 Å². The fourth-order valence-electron chi connectivity index (χ4n) is 2.65. The van der Waals surface area contributed by atoms with Crippen molar-refractivity contribution in [3.63, 3.8) is 0 Å². The Kier molecular flexibility index (Phi) is 9.70. The molecule has 5 nitrogen and oxygen atoms in total. The van der Waals surface area contributed by atoms with Gasteiger partial charge in [0, 0.05) is 19.0 Å². The second kappa shape index (κ2) is 11.2. The van der Waals surface area contributed by atoms with Crippen LogP contribution in [-0.2, 0) is 21.5 Å². The fourth-order valence-corrected chi connectivity index (χ4v) is 3.17. The number of carbonyl (C=O) groups is 1. The Hall–Kier alpha value is -1.56. The number of amides is 1. The van der Waals surface area contributed by atoms with Crippen molar-refractivity contribution in [3.8, 4) is 5.75 Å². The minimum Gasteiger partial charge on any atom is -0.382 e. The molecule has 0 saturated heterocycles. The van der Waals surface area contributed by atoms with E-state index >= 15 is 0 Å². The molecule has 26 heavy (non-hydrogen) atoms. The third-order valence-electron chi connectivity index (χ3n) is 4.52. The third kappa shape index (κ3) is 7.77. The highest BCUT2D eigenvalue weighted by atomic mass is 32.2. The van der Waals surface area contributed by atoms with Crippen molar-refractivity contribution in [2.75, 3.05) is 5.75 Å². The van der Waals surface area contributed by atoms with Gasteiger partial charge in [-0.2, -0.15) is 8.42 Å². The number of hydrogen-bond donors (Lipinski definition) is 0. The zero-order valence-corrected chi connectivity index (χ0v) is 17.3. The van der Waals surface area contributed by atoms with Gasteiger partial charge in [-0.25, -0.2) is 0 Å². The lowest BCUT2D eigenvalue weighted by molar-refractivity contribution is -0.134. The molecule has 0 fully saturated rings. The van der Waals surface area contributed by atoms with E-state index in [2.05, 4.69) is 13.8 Å². The molecule has 0 radical (unpaired) electrons. The van der Waals surface area contributed by atoms with Crippen molar-refractivity contribution in [2.45, 2.75) is 78.8 Å². The zero-order valence-electron chi connectivity index (χ0n) is 16.5. The summed E-state index contributed by atoms with van der Waals surface area (Å²) in [4.78, 5) is 14.6. The molecule has 0 aliphatic rings. The number of rotatable bonds is 12. The van der Waals surface area contributed by atoms with E-state index in [4.69, 9.17) is 4.18 Å². The third-order valence-corrected chi connectivity index (χ3v) is 5.67. The van der Waals surface area contributed by atoms with Gasteiger partial charge < -0.3 is 9.08 Å². The molecule has 1 unspecified atom stereocenters. The van der Waals surface area contributed by atoms with Gasteiger partial charge in [-0.3, -0.25) is 4.79 Å². The minimum absolute atomic E-state index is 0.0769. The Morgan fingerprint density at radius 2 is 1.88 bits per heavy atom. The molecule has 0 aliphatic carbocycles.